The topological polar surface area (TPSA) is 63.2 Å². The molecule has 0 aliphatic heterocycles. The van der Waals surface area contributed by atoms with Crippen LogP contribution < -0.4 is 113 Å². The van der Waals surface area contributed by atoms with Crippen LogP contribution in [0.2, 0.25) is 0 Å². The van der Waals surface area contributed by atoms with Crippen molar-refractivity contribution in [3.05, 3.63) is 0 Å². The van der Waals surface area contributed by atoms with Crippen LogP contribution in [0, 0.1) is 0 Å². The average molecular weight is 214 g/mol. The summed E-state index contributed by atoms with van der Waals surface area (Å²) in [5.41, 5.74) is 0. The Bertz CT molecular complexity index is 125. The van der Waals surface area contributed by atoms with Crippen molar-refractivity contribution in [2.75, 3.05) is 0 Å². The zero-order chi connectivity index (χ0) is 7.00. The second-order valence-electron chi connectivity index (χ2n) is 2.67. The van der Waals surface area contributed by atoms with Gasteiger partial charge in [0.2, 0.25) is 0 Å². The van der Waals surface area contributed by atoms with E-state index in [1.165, 1.54) is 20.8 Å². The van der Waals surface area contributed by atoms with Crippen molar-refractivity contribution < 1.29 is 117 Å². The summed E-state index contributed by atoms with van der Waals surface area (Å²) in [7, 11) is -4.35. The van der Waals surface area contributed by atoms with Crippen molar-refractivity contribution in [2.24, 2.45) is 0 Å². The van der Waals surface area contributed by atoms with Gasteiger partial charge in [-0.15, -0.1) is 0 Å². The molecule has 0 spiro atoms. The van der Waals surface area contributed by atoms with E-state index in [0.29, 0.717) is 0 Å². The van der Waals surface area contributed by atoms with Crippen LogP contribution >= 0.6 is 7.60 Å². The molecule has 0 heterocycles. The van der Waals surface area contributed by atoms with Crippen LogP contribution in [0.5, 0.6) is 0 Å². The first kappa shape index (κ1) is 19.1. The third kappa shape index (κ3) is 8.04. The summed E-state index contributed by atoms with van der Waals surface area (Å²) >= 11 is 0. The van der Waals surface area contributed by atoms with Crippen LogP contribution in [0.3, 0.4) is 0 Å². The van der Waals surface area contributed by atoms with Gasteiger partial charge >= 0.3 is 103 Å². The molecule has 0 bridgehead atoms. The molecule has 6 heteroatoms. The third-order valence-corrected chi connectivity index (χ3v) is 2.46. The first-order valence-corrected chi connectivity index (χ1v) is 3.81. The van der Waals surface area contributed by atoms with Gasteiger partial charge in [0, 0.05) is 0 Å². The van der Waals surface area contributed by atoms with Gasteiger partial charge in [0.15, 0.2) is 0 Å². The Kier molecular flexibility index (Phi) is 13.0. The molecule has 3 nitrogen and oxygen atoms in total. The van der Waals surface area contributed by atoms with Gasteiger partial charge in [-0.3, -0.25) is 0 Å². The maximum Gasteiger partial charge on any atom is 1.00 e. The summed E-state index contributed by atoms with van der Waals surface area (Å²) < 4.78 is 10.1. The summed E-state index contributed by atoms with van der Waals surface area (Å²) in [4.78, 5) is 20.2. The predicted molar refractivity (Wildman–Crippen MR) is 27.4 cm³/mol. The van der Waals surface area contributed by atoms with Crippen LogP contribution in [-0.2, 0) is 4.57 Å². The van der Waals surface area contributed by atoms with Crippen LogP contribution in [0.15, 0.2) is 0 Å². The molecule has 0 aromatic carbocycles. The Hall–Kier alpha value is 3.42. The van der Waals surface area contributed by atoms with Crippen LogP contribution in [0.4, 0.5) is 0 Å². The van der Waals surface area contributed by atoms with Crippen molar-refractivity contribution in [3.8, 4) is 0 Å². The summed E-state index contributed by atoms with van der Waals surface area (Å²) in [6, 6.07) is 0. The van der Waals surface area contributed by atoms with E-state index in [4.69, 9.17) is 0 Å². The van der Waals surface area contributed by atoms with Crippen molar-refractivity contribution in [2.45, 2.75) is 25.9 Å². The minimum Gasteiger partial charge on any atom is -0.810 e. The molecule has 0 rings (SSSR count). The molecule has 50 valence electrons. The van der Waals surface area contributed by atoms with E-state index in [9.17, 15) is 14.4 Å². The molecule has 0 aromatic heterocycles. The number of hydrogen-bond donors (Lipinski definition) is 0. The molecule has 0 saturated heterocycles. The molecule has 0 aliphatic rings. The Morgan fingerprint density at radius 1 is 1.10 bits per heavy atom. The van der Waals surface area contributed by atoms with E-state index < -0.39 is 12.8 Å². The van der Waals surface area contributed by atoms with E-state index in [-0.39, 0.29) is 103 Å². The molecule has 0 fully saturated rings. The summed E-state index contributed by atoms with van der Waals surface area (Å²) in [5, 5.41) is -1.12. The van der Waals surface area contributed by atoms with Crippen LogP contribution in [0.1, 0.15) is 20.8 Å². The van der Waals surface area contributed by atoms with Crippen molar-refractivity contribution in [1.29, 1.82) is 0 Å². The molecule has 0 unspecified atom stereocenters. The summed E-state index contributed by atoms with van der Waals surface area (Å²) in [6.07, 6.45) is 0. The van der Waals surface area contributed by atoms with Crippen LogP contribution in [-0.4, -0.2) is 5.16 Å². The minimum atomic E-state index is -4.35. The zero-order valence-electron chi connectivity index (χ0n) is 7.17. The fraction of sp³-hybridized carbons (Fsp3) is 1.00. The Balaban J connectivity index is -0.000000245. The molecule has 10 heavy (non-hydrogen) atoms. The SMILES string of the molecule is CC(C)(C)P(=O)([O-])[O-].[K+].[K+]. The molecule has 0 amide bonds. The molecule has 0 atom stereocenters. The fourth-order valence-corrected chi connectivity index (χ4v) is 0. The predicted octanol–water partition coefficient (Wildman–Crippen LogP) is -6.29. The molecular weight excluding hydrogens is 205 g/mol. The normalized spacial score (nSPS) is 11.3. The Morgan fingerprint density at radius 3 is 1.20 bits per heavy atom. The van der Waals surface area contributed by atoms with Gasteiger partial charge in [0.25, 0.3) is 0 Å². The molecule has 0 N–H and O–H groups in total. The van der Waals surface area contributed by atoms with E-state index in [2.05, 4.69) is 0 Å². The Morgan fingerprint density at radius 2 is 1.20 bits per heavy atom. The largest absolute Gasteiger partial charge is 1.00 e. The molecule has 0 aliphatic carbocycles. The monoisotopic (exact) mass is 214 g/mol. The molecule has 0 saturated carbocycles. The van der Waals surface area contributed by atoms with E-state index >= 15 is 0 Å². The van der Waals surface area contributed by atoms with Crippen molar-refractivity contribution >= 4 is 7.60 Å². The maximum absolute atomic E-state index is 10.1. The van der Waals surface area contributed by atoms with Crippen molar-refractivity contribution in [1.82, 2.24) is 0 Å². The van der Waals surface area contributed by atoms with Gasteiger partial charge in [0.05, 0.1) is 0 Å². The maximum atomic E-state index is 10.1. The van der Waals surface area contributed by atoms with E-state index in [1.54, 1.807) is 0 Å². The Labute approximate surface area is 147 Å². The molecule has 0 radical (unpaired) electrons. The average Bonchev–Trinajstić information content (AvgIpc) is 1.25. The van der Waals surface area contributed by atoms with E-state index in [0.717, 1.165) is 0 Å². The number of hydrogen-bond acceptors (Lipinski definition) is 3. The molecule has 0 aromatic rings. The fourth-order valence-electron chi connectivity index (χ4n) is 0. The minimum absolute atomic E-state index is 0. The summed E-state index contributed by atoms with van der Waals surface area (Å²) in [5.74, 6) is 0. The third-order valence-electron chi connectivity index (χ3n) is 0.822. The van der Waals surface area contributed by atoms with Gasteiger partial charge < -0.3 is 14.4 Å². The van der Waals surface area contributed by atoms with Gasteiger partial charge in [0.1, 0.15) is 0 Å². The smallest absolute Gasteiger partial charge is 0.810 e. The van der Waals surface area contributed by atoms with Gasteiger partial charge in [-0.05, 0) is 5.16 Å². The van der Waals surface area contributed by atoms with Crippen LogP contribution in [0.25, 0.3) is 0 Å². The zero-order valence-corrected chi connectivity index (χ0v) is 14.3. The first-order valence-electron chi connectivity index (χ1n) is 2.27. The van der Waals surface area contributed by atoms with Crippen molar-refractivity contribution in [3.63, 3.8) is 0 Å². The van der Waals surface area contributed by atoms with Gasteiger partial charge in [-0.2, -0.15) is 0 Å². The number of rotatable bonds is 0. The molecular formula is C4H9K2O3P. The standard InChI is InChI=1S/C4H11O3P.2K/c1-4(2,3)8(5,6)7;;/h1-3H3,(H2,5,6,7);;/q;2*+1/p-2. The second kappa shape index (κ2) is 6.81. The quantitative estimate of drug-likeness (QED) is 0.298. The van der Waals surface area contributed by atoms with Gasteiger partial charge in [-0.1, -0.05) is 28.4 Å². The van der Waals surface area contributed by atoms with E-state index in [1.807, 2.05) is 0 Å². The first-order chi connectivity index (χ1) is 3.25. The second-order valence-corrected chi connectivity index (χ2v) is 5.00. The summed E-state index contributed by atoms with van der Waals surface area (Å²) in [6.45, 7) is 4.15. The van der Waals surface area contributed by atoms with Gasteiger partial charge in [-0.25, -0.2) is 0 Å².